The standard InChI is InChI=1S/C14H23BrN2OS/c1-3-14(11-18,17-4-2)8-6-10-19-13-12(15)7-5-9-16-13/h5,7,9,17-18H,3-4,6,8,10-11H2,1-2H3. The molecule has 1 rings (SSSR count). The molecular weight excluding hydrogens is 324 g/mol. The molecule has 0 bridgehead atoms. The number of nitrogens with one attached hydrogen (secondary N) is 1. The molecule has 108 valence electrons. The van der Waals surface area contributed by atoms with E-state index in [-0.39, 0.29) is 12.1 Å². The number of hydrogen-bond acceptors (Lipinski definition) is 4. The molecule has 5 heteroatoms. The molecule has 0 aliphatic heterocycles. The van der Waals surface area contributed by atoms with Gasteiger partial charge in [0.2, 0.25) is 0 Å². The van der Waals surface area contributed by atoms with Gasteiger partial charge in [-0.2, -0.15) is 0 Å². The van der Waals surface area contributed by atoms with Crippen LogP contribution in [0.1, 0.15) is 33.1 Å². The molecule has 0 aromatic carbocycles. The van der Waals surface area contributed by atoms with Gasteiger partial charge in [-0.05, 0) is 59.6 Å². The number of likely N-dealkylation sites (N-methyl/N-ethyl adjacent to an activating group) is 1. The van der Waals surface area contributed by atoms with E-state index in [0.717, 1.165) is 41.1 Å². The van der Waals surface area contributed by atoms with Crippen LogP contribution in [0.3, 0.4) is 0 Å². The van der Waals surface area contributed by atoms with Gasteiger partial charge in [-0.25, -0.2) is 4.98 Å². The molecule has 3 nitrogen and oxygen atoms in total. The first-order valence-corrected chi connectivity index (χ1v) is 8.54. The monoisotopic (exact) mass is 346 g/mol. The minimum Gasteiger partial charge on any atom is -0.394 e. The second-order valence-corrected chi connectivity index (χ2v) is 6.50. The SMILES string of the molecule is CCNC(CC)(CO)CCCSc1ncccc1Br. The number of hydrogen-bond donors (Lipinski definition) is 2. The van der Waals surface area contributed by atoms with Gasteiger partial charge in [0.05, 0.1) is 6.61 Å². The predicted molar refractivity (Wildman–Crippen MR) is 85.7 cm³/mol. The van der Waals surface area contributed by atoms with Crippen LogP contribution >= 0.6 is 27.7 Å². The molecule has 1 aromatic heterocycles. The summed E-state index contributed by atoms with van der Waals surface area (Å²) in [5.74, 6) is 1.02. The zero-order valence-electron chi connectivity index (χ0n) is 11.7. The van der Waals surface area contributed by atoms with Crippen molar-refractivity contribution in [2.45, 2.75) is 43.7 Å². The fourth-order valence-corrected chi connectivity index (χ4v) is 3.49. The van der Waals surface area contributed by atoms with Crippen molar-refractivity contribution in [2.75, 3.05) is 18.9 Å². The van der Waals surface area contributed by atoms with E-state index in [0.29, 0.717) is 0 Å². The van der Waals surface area contributed by atoms with Crippen molar-refractivity contribution in [3.63, 3.8) is 0 Å². The summed E-state index contributed by atoms with van der Waals surface area (Å²) in [5.41, 5.74) is -0.114. The first-order chi connectivity index (χ1) is 9.17. The molecule has 0 saturated heterocycles. The lowest BCUT2D eigenvalue weighted by atomic mass is 9.91. The number of thioether (sulfide) groups is 1. The van der Waals surface area contributed by atoms with Gasteiger partial charge >= 0.3 is 0 Å². The number of aliphatic hydroxyl groups is 1. The summed E-state index contributed by atoms with van der Waals surface area (Å²) >= 11 is 5.26. The molecule has 19 heavy (non-hydrogen) atoms. The lowest BCUT2D eigenvalue weighted by molar-refractivity contribution is 0.148. The summed E-state index contributed by atoms with van der Waals surface area (Å²) in [6, 6.07) is 3.94. The quantitative estimate of drug-likeness (QED) is 0.530. The van der Waals surface area contributed by atoms with Gasteiger partial charge in [-0.3, -0.25) is 0 Å². The molecule has 1 aromatic rings. The molecule has 1 atom stereocenters. The van der Waals surface area contributed by atoms with E-state index in [2.05, 4.69) is 40.1 Å². The van der Waals surface area contributed by atoms with Crippen LogP contribution in [0.15, 0.2) is 27.8 Å². The Hall–Kier alpha value is -0.100. The van der Waals surface area contributed by atoms with Crippen LogP contribution in [0.5, 0.6) is 0 Å². The molecule has 0 spiro atoms. The van der Waals surface area contributed by atoms with Crippen molar-refractivity contribution < 1.29 is 5.11 Å². The third-order valence-electron chi connectivity index (χ3n) is 3.29. The lowest BCUT2D eigenvalue weighted by Crippen LogP contribution is -2.48. The number of halogens is 1. The van der Waals surface area contributed by atoms with Crippen molar-refractivity contribution in [2.24, 2.45) is 0 Å². The van der Waals surface area contributed by atoms with E-state index >= 15 is 0 Å². The highest BCUT2D eigenvalue weighted by Gasteiger charge is 2.25. The Balaban J connectivity index is 2.39. The Kier molecular flexibility index (Phi) is 7.99. The fourth-order valence-electron chi connectivity index (χ4n) is 2.07. The first kappa shape index (κ1) is 17.0. The molecule has 0 aliphatic rings. The van der Waals surface area contributed by atoms with Gasteiger partial charge in [0.1, 0.15) is 5.03 Å². The van der Waals surface area contributed by atoms with E-state index in [1.807, 2.05) is 18.3 Å². The van der Waals surface area contributed by atoms with Crippen LogP contribution in [-0.2, 0) is 0 Å². The maximum absolute atomic E-state index is 9.58. The van der Waals surface area contributed by atoms with Gasteiger partial charge in [-0.1, -0.05) is 13.8 Å². The molecule has 0 aliphatic carbocycles. The maximum atomic E-state index is 9.58. The Morgan fingerprint density at radius 2 is 2.26 bits per heavy atom. The number of rotatable bonds is 9. The minimum absolute atomic E-state index is 0.114. The van der Waals surface area contributed by atoms with E-state index in [1.165, 1.54) is 0 Å². The van der Waals surface area contributed by atoms with Crippen molar-refractivity contribution in [3.8, 4) is 0 Å². The van der Waals surface area contributed by atoms with E-state index in [1.54, 1.807) is 11.8 Å². The zero-order valence-corrected chi connectivity index (χ0v) is 14.1. The van der Waals surface area contributed by atoms with Crippen LogP contribution in [0.2, 0.25) is 0 Å². The predicted octanol–water partition coefficient (Wildman–Crippen LogP) is 3.47. The van der Waals surface area contributed by atoms with Gasteiger partial charge in [-0.15, -0.1) is 11.8 Å². The van der Waals surface area contributed by atoms with Crippen molar-refractivity contribution in [1.29, 1.82) is 0 Å². The number of aliphatic hydroxyl groups excluding tert-OH is 1. The Labute approximate surface area is 128 Å². The number of aromatic nitrogens is 1. The van der Waals surface area contributed by atoms with Crippen LogP contribution in [0.4, 0.5) is 0 Å². The summed E-state index contributed by atoms with van der Waals surface area (Å²) in [4.78, 5) is 4.34. The molecule has 0 fully saturated rings. The third kappa shape index (κ3) is 5.42. The topological polar surface area (TPSA) is 45.1 Å². The van der Waals surface area contributed by atoms with E-state index < -0.39 is 0 Å². The largest absolute Gasteiger partial charge is 0.394 e. The Morgan fingerprint density at radius 1 is 1.47 bits per heavy atom. The summed E-state index contributed by atoms with van der Waals surface area (Å²) in [7, 11) is 0. The van der Waals surface area contributed by atoms with Crippen LogP contribution in [0, 0.1) is 0 Å². The van der Waals surface area contributed by atoms with Crippen LogP contribution in [0.25, 0.3) is 0 Å². The van der Waals surface area contributed by atoms with Crippen molar-refractivity contribution in [3.05, 3.63) is 22.8 Å². The van der Waals surface area contributed by atoms with Crippen LogP contribution in [-0.4, -0.2) is 34.5 Å². The Morgan fingerprint density at radius 3 is 2.84 bits per heavy atom. The molecule has 0 amide bonds. The third-order valence-corrected chi connectivity index (χ3v) is 5.29. The smallest absolute Gasteiger partial charge is 0.110 e. The molecule has 0 saturated carbocycles. The zero-order chi connectivity index (χ0) is 14.1. The molecular formula is C14H23BrN2OS. The summed E-state index contributed by atoms with van der Waals surface area (Å²) in [5, 5.41) is 14.0. The second kappa shape index (κ2) is 8.95. The summed E-state index contributed by atoms with van der Waals surface area (Å²) < 4.78 is 1.05. The van der Waals surface area contributed by atoms with E-state index in [9.17, 15) is 5.11 Å². The second-order valence-electron chi connectivity index (χ2n) is 4.56. The summed E-state index contributed by atoms with van der Waals surface area (Å²) in [6.45, 7) is 5.31. The summed E-state index contributed by atoms with van der Waals surface area (Å²) in [6.07, 6.45) is 4.82. The highest BCUT2D eigenvalue weighted by molar-refractivity contribution is 9.10. The Bertz CT molecular complexity index is 372. The normalized spacial score (nSPS) is 14.3. The molecule has 1 unspecified atom stereocenters. The van der Waals surface area contributed by atoms with Crippen molar-refractivity contribution >= 4 is 27.7 Å². The van der Waals surface area contributed by atoms with Gasteiger partial charge in [0, 0.05) is 16.2 Å². The first-order valence-electron chi connectivity index (χ1n) is 6.76. The van der Waals surface area contributed by atoms with Crippen LogP contribution < -0.4 is 5.32 Å². The fraction of sp³-hybridized carbons (Fsp3) is 0.643. The average molecular weight is 347 g/mol. The highest BCUT2D eigenvalue weighted by atomic mass is 79.9. The molecule has 2 N–H and O–H groups in total. The van der Waals surface area contributed by atoms with E-state index in [4.69, 9.17) is 0 Å². The molecule has 1 heterocycles. The minimum atomic E-state index is -0.114. The molecule has 0 radical (unpaired) electrons. The number of nitrogens with zero attached hydrogens (tertiary/aromatic N) is 1. The highest BCUT2D eigenvalue weighted by Crippen LogP contribution is 2.26. The van der Waals surface area contributed by atoms with Gasteiger partial charge in [0.15, 0.2) is 0 Å². The number of pyridine rings is 1. The maximum Gasteiger partial charge on any atom is 0.110 e. The lowest BCUT2D eigenvalue weighted by Gasteiger charge is -2.31. The van der Waals surface area contributed by atoms with Crippen molar-refractivity contribution in [1.82, 2.24) is 10.3 Å². The van der Waals surface area contributed by atoms with Gasteiger partial charge < -0.3 is 10.4 Å². The van der Waals surface area contributed by atoms with Gasteiger partial charge in [0.25, 0.3) is 0 Å². The average Bonchev–Trinajstić information content (AvgIpc) is 2.44.